The van der Waals surface area contributed by atoms with Crippen LogP contribution in [0.1, 0.15) is 30.2 Å². The zero-order chi connectivity index (χ0) is 19.9. The third-order valence-corrected chi connectivity index (χ3v) is 4.58. The van der Waals surface area contributed by atoms with Crippen molar-refractivity contribution in [1.29, 1.82) is 0 Å². The average Bonchev–Trinajstić information content (AvgIpc) is 3.24. The number of amidine groups is 1. The lowest BCUT2D eigenvalue weighted by molar-refractivity contribution is -0.118. The van der Waals surface area contributed by atoms with Crippen LogP contribution in [0.15, 0.2) is 45.9 Å². The normalized spacial score (nSPS) is 20.8. The molecule has 6 nitrogen and oxygen atoms in total. The molecule has 0 bridgehead atoms. The lowest BCUT2D eigenvalue weighted by atomic mass is 10.0. The first kappa shape index (κ1) is 18.4. The minimum atomic E-state index is -4.40. The van der Waals surface area contributed by atoms with E-state index in [2.05, 4.69) is 27.5 Å². The molecule has 0 saturated carbocycles. The number of alkyl halides is 3. The van der Waals surface area contributed by atoms with Crippen LogP contribution < -0.4 is 16.4 Å². The number of aryl methyl sites for hydroxylation is 1. The van der Waals surface area contributed by atoms with E-state index < -0.39 is 18.5 Å². The van der Waals surface area contributed by atoms with Crippen LogP contribution in [0.5, 0.6) is 0 Å². The van der Waals surface area contributed by atoms with Crippen molar-refractivity contribution in [2.45, 2.75) is 31.7 Å². The van der Waals surface area contributed by atoms with Gasteiger partial charge in [0.2, 0.25) is 0 Å². The Morgan fingerprint density at radius 1 is 1.18 bits per heavy atom. The van der Waals surface area contributed by atoms with Gasteiger partial charge in [-0.15, -0.1) is 0 Å². The van der Waals surface area contributed by atoms with Gasteiger partial charge in [0.25, 0.3) is 0 Å². The maximum absolute atomic E-state index is 12.7. The Bertz CT molecular complexity index is 1040. The second-order valence-electron chi connectivity index (χ2n) is 6.82. The van der Waals surface area contributed by atoms with Crippen LogP contribution in [0.2, 0.25) is 0 Å². The number of furan rings is 1. The van der Waals surface area contributed by atoms with E-state index in [4.69, 9.17) is 10.2 Å². The van der Waals surface area contributed by atoms with Gasteiger partial charge in [0.05, 0.1) is 5.56 Å². The molecule has 1 aliphatic rings. The van der Waals surface area contributed by atoms with E-state index in [-0.39, 0.29) is 5.84 Å². The number of benzene rings is 1. The lowest BCUT2D eigenvalue weighted by Gasteiger charge is -2.38. The molecule has 0 aliphatic carbocycles. The second-order valence-corrected chi connectivity index (χ2v) is 6.82. The zero-order valence-corrected chi connectivity index (χ0v) is 15.2. The number of aromatic nitrogens is 1. The molecule has 3 aromatic rings. The standard InChI is InChI=1S/C19H20F3N5O/c1-2-3-13-9-11-8-12(4-5-15(11)28-13)19(23)26-16-14(6-7-24-16)17(27-19)25-10-18(20,21)22/h4-9,24,26H,2-3,10,23H2,1H3,(H,25,27). The minimum absolute atomic E-state index is 0.0776. The fourth-order valence-electron chi connectivity index (χ4n) is 3.30. The number of rotatable bonds is 4. The molecular formula is C19H20F3N5O. The van der Waals surface area contributed by atoms with Crippen LogP contribution in [-0.2, 0) is 12.2 Å². The summed E-state index contributed by atoms with van der Waals surface area (Å²) in [4.78, 5) is 6.66. The number of halogens is 3. The van der Waals surface area contributed by atoms with Gasteiger partial charge in [0, 0.05) is 23.6 Å². The van der Waals surface area contributed by atoms with Gasteiger partial charge >= 0.3 is 6.18 Å². The molecule has 0 spiro atoms. The predicted molar refractivity (Wildman–Crippen MR) is 101 cm³/mol. The fraction of sp³-hybridized carbons (Fsp3) is 0.316. The molecule has 28 heavy (non-hydrogen) atoms. The van der Waals surface area contributed by atoms with Crippen LogP contribution in [0.4, 0.5) is 19.0 Å². The van der Waals surface area contributed by atoms with Gasteiger partial charge < -0.3 is 20.0 Å². The SMILES string of the molecule is CCCc1cc2cc(C3(N)NC(=NCC(F)(F)F)c4cc[nH]c4N3)ccc2o1. The summed E-state index contributed by atoms with van der Waals surface area (Å²) in [7, 11) is 0. The van der Waals surface area contributed by atoms with E-state index in [0.717, 1.165) is 29.6 Å². The van der Waals surface area contributed by atoms with Crippen molar-refractivity contribution in [2.24, 2.45) is 10.7 Å². The molecule has 2 aromatic heterocycles. The van der Waals surface area contributed by atoms with Crippen molar-refractivity contribution < 1.29 is 17.6 Å². The molecule has 0 radical (unpaired) electrons. The smallest absolute Gasteiger partial charge is 0.408 e. The number of aromatic amines is 1. The molecule has 148 valence electrons. The molecule has 1 aromatic carbocycles. The van der Waals surface area contributed by atoms with Crippen molar-refractivity contribution in [3.8, 4) is 0 Å². The first-order valence-electron chi connectivity index (χ1n) is 8.94. The van der Waals surface area contributed by atoms with E-state index in [9.17, 15) is 13.2 Å². The molecule has 1 unspecified atom stereocenters. The molecule has 5 N–H and O–H groups in total. The Morgan fingerprint density at radius 3 is 2.75 bits per heavy atom. The highest BCUT2D eigenvalue weighted by Crippen LogP contribution is 2.30. The average molecular weight is 391 g/mol. The highest BCUT2D eigenvalue weighted by atomic mass is 19.4. The number of H-pyrrole nitrogens is 1. The number of fused-ring (bicyclic) bond motifs is 2. The van der Waals surface area contributed by atoms with Gasteiger partial charge in [-0.3, -0.25) is 10.7 Å². The Morgan fingerprint density at radius 2 is 2.00 bits per heavy atom. The van der Waals surface area contributed by atoms with E-state index >= 15 is 0 Å². The maximum Gasteiger partial charge on any atom is 0.408 e. The topological polar surface area (TPSA) is 91.4 Å². The molecule has 1 atom stereocenters. The second kappa shape index (κ2) is 6.59. The summed E-state index contributed by atoms with van der Waals surface area (Å²) in [5, 5.41) is 6.91. The molecule has 0 saturated heterocycles. The van der Waals surface area contributed by atoms with Crippen LogP contribution in [0.25, 0.3) is 11.0 Å². The highest BCUT2D eigenvalue weighted by Gasteiger charge is 2.36. The zero-order valence-electron chi connectivity index (χ0n) is 15.2. The Balaban J connectivity index is 1.71. The molecule has 0 amide bonds. The Hall–Kier alpha value is -2.94. The number of nitrogens with two attached hydrogens (primary N) is 1. The first-order chi connectivity index (χ1) is 13.3. The molecule has 4 rings (SSSR count). The Labute approximate surface area is 159 Å². The van der Waals surface area contributed by atoms with E-state index in [1.54, 1.807) is 24.4 Å². The summed E-state index contributed by atoms with van der Waals surface area (Å²) in [6.45, 7) is 0.774. The molecule has 0 fully saturated rings. The summed E-state index contributed by atoms with van der Waals surface area (Å²) < 4.78 is 43.8. The van der Waals surface area contributed by atoms with Gasteiger partial charge in [-0.25, -0.2) is 0 Å². The molecular weight excluding hydrogens is 371 g/mol. The van der Waals surface area contributed by atoms with Crippen LogP contribution in [-0.4, -0.2) is 23.5 Å². The van der Waals surface area contributed by atoms with Crippen molar-refractivity contribution >= 4 is 22.6 Å². The van der Waals surface area contributed by atoms with Crippen molar-refractivity contribution in [3.05, 3.63) is 53.4 Å². The van der Waals surface area contributed by atoms with Gasteiger partial charge in [-0.2, -0.15) is 13.2 Å². The largest absolute Gasteiger partial charge is 0.461 e. The van der Waals surface area contributed by atoms with E-state index in [1.807, 2.05) is 12.1 Å². The monoisotopic (exact) mass is 391 g/mol. The summed E-state index contributed by atoms with van der Waals surface area (Å²) in [6, 6.07) is 9.02. The number of hydrogen-bond donors (Lipinski definition) is 4. The summed E-state index contributed by atoms with van der Waals surface area (Å²) in [5.74, 6) is 0.123. The van der Waals surface area contributed by atoms with Crippen molar-refractivity contribution in [2.75, 3.05) is 11.9 Å². The van der Waals surface area contributed by atoms with Crippen LogP contribution in [0.3, 0.4) is 0 Å². The predicted octanol–water partition coefficient (Wildman–Crippen LogP) is 3.81. The number of anilines is 1. The molecule has 9 heteroatoms. The van der Waals surface area contributed by atoms with Gasteiger partial charge in [-0.1, -0.05) is 6.92 Å². The minimum Gasteiger partial charge on any atom is -0.461 e. The first-order valence-corrected chi connectivity index (χ1v) is 8.94. The molecule has 1 aliphatic heterocycles. The number of nitrogens with zero attached hydrogens (tertiary/aromatic N) is 1. The van der Waals surface area contributed by atoms with E-state index in [0.29, 0.717) is 16.9 Å². The number of aliphatic imine (C=N–C) groups is 1. The lowest BCUT2D eigenvalue weighted by Crippen LogP contribution is -2.61. The summed E-state index contributed by atoms with van der Waals surface area (Å²) >= 11 is 0. The van der Waals surface area contributed by atoms with Gasteiger partial charge in [-0.05, 0) is 36.8 Å². The van der Waals surface area contributed by atoms with Crippen LogP contribution in [0, 0.1) is 0 Å². The van der Waals surface area contributed by atoms with E-state index in [1.165, 1.54) is 0 Å². The fourth-order valence-corrected chi connectivity index (χ4v) is 3.30. The highest BCUT2D eigenvalue weighted by molar-refractivity contribution is 6.05. The number of nitrogens with one attached hydrogen (secondary N) is 3. The van der Waals surface area contributed by atoms with Crippen LogP contribution >= 0.6 is 0 Å². The summed E-state index contributed by atoms with van der Waals surface area (Å²) in [6.07, 6.45) is -0.997. The Kier molecular flexibility index (Phi) is 4.34. The third-order valence-electron chi connectivity index (χ3n) is 4.58. The maximum atomic E-state index is 12.7. The van der Waals surface area contributed by atoms with Gasteiger partial charge in [0.15, 0.2) is 5.79 Å². The molecule has 3 heterocycles. The van der Waals surface area contributed by atoms with Gasteiger partial charge in [0.1, 0.15) is 29.5 Å². The number of hydrogen-bond acceptors (Lipinski definition) is 4. The quantitative estimate of drug-likeness (QED) is 0.544. The van der Waals surface area contributed by atoms with Crippen molar-refractivity contribution in [3.63, 3.8) is 0 Å². The third kappa shape index (κ3) is 3.45. The summed E-state index contributed by atoms with van der Waals surface area (Å²) in [5.41, 5.74) is 8.38. The van der Waals surface area contributed by atoms with Crippen molar-refractivity contribution in [1.82, 2.24) is 10.3 Å².